The van der Waals surface area contributed by atoms with Crippen LogP contribution in [0.2, 0.25) is 0 Å². The molecule has 5 aromatic rings. The van der Waals surface area contributed by atoms with E-state index in [9.17, 15) is 0 Å². The van der Waals surface area contributed by atoms with Gasteiger partial charge in [0.15, 0.2) is 0 Å². The van der Waals surface area contributed by atoms with Crippen LogP contribution in [0, 0.1) is 32.6 Å². The van der Waals surface area contributed by atoms with Gasteiger partial charge in [0.05, 0.1) is 0 Å². The standard InChI is InChI=1S/C29H23N4O.Pt/c1-20-10-11-30-29(16-20)33-27-7-5-4-6-25(27)26-9-8-23(18-28(26)33)34-24-15-21(2)14-22(17-24)32-13-12-31(3)19-32;/h4-16,19H,1-3H3;/q-3;. The number of anilines is 1. The van der Waals surface area contributed by atoms with E-state index in [0.717, 1.165) is 44.4 Å². The zero-order valence-electron chi connectivity index (χ0n) is 19.6. The first-order valence-corrected chi connectivity index (χ1v) is 11.2. The SMILES string of the molecule is Cc1cc(Oc2[c-]c3c(cc2)c2ccccc2n3-c2cc(C)ccn2)[c-]c(N2C=CN(C)[CH-]2)c1.[Pt]. The number of hydrogen-bond acceptors (Lipinski definition) is 4. The summed E-state index contributed by atoms with van der Waals surface area (Å²) in [6, 6.07) is 27.5. The molecular weight excluding hydrogens is 615 g/mol. The van der Waals surface area contributed by atoms with Crippen LogP contribution in [-0.2, 0) is 21.1 Å². The van der Waals surface area contributed by atoms with E-state index in [-0.39, 0.29) is 21.1 Å². The van der Waals surface area contributed by atoms with Gasteiger partial charge in [0.2, 0.25) is 0 Å². The maximum atomic E-state index is 6.28. The fourth-order valence-corrected chi connectivity index (χ4v) is 4.38. The number of benzene rings is 3. The molecule has 0 radical (unpaired) electrons. The third kappa shape index (κ3) is 4.33. The van der Waals surface area contributed by atoms with E-state index < -0.39 is 0 Å². The molecular formula is C29H23N4OPt-3. The van der Waals surface area contributed by atoms with Crippen molar-refractivity contribution in [2.45, 2.75) is 13.8 Å². The van der Waals surface area contributed by atoms with E-state index in [0.29, 0.717) is 11.5 Å². The molecule has 0 saturated heterocycles. The number of ether oxygens (including phenoxy) is 1. The molecule has 0 spiro atoms. The summed E-state index contributed by atoms with van der Waals surface area (Å²) in [5.41, 5.74) is 5.20. The van der Waals surface area contributed by atoms with Crippen LogP contribution in [0.4, 0.5) is 5.69 Å². The van der Waals surface area contributed by atoms with Gasteiger partial charge in [-0.05, 0) is 55.5 Å². The molecule has 0 atom stereocenters. The zero-order chi connectivity index (χ0) is 23.2. The van der Waals surface area contributed by atoms with E-state index in [4.69, 9.17) is 4.74 Å². The summed E-state index contributed by atoms with van der Waals surface area (Å²) < 4.78 is 8.43. The van der Waals surface area contributed by atoms with Gasteiger partial charge in [0.25, 0.3) is 0 Å². The van der Waals surface area contributed by atoms with Gasteiger partial charge in [0.1, 0.15) is 5.82 Å². The van der Waals surface area contributed by atoms with Crippen molar-refractivity contribution < 1.29 is 25.8 Å². The molecule has 3 aromatic carbocycles. The molecule has 178 valence electrons. The van der Waals surface area contributed by atoms with Crippen molar-refractivity contribution >= 4 is 27.5 Å². The van der Waals surface area contributed by atoms with E-state index in [1.54, 1.807) is 0 Å². The van der Waals surface area contributed by atoms with Gasteiger partial charge >= 0.3 is 0 Å². The van der Waals surface area contributed by atoms with Crippen LogP contribution in [0.15, 0.2) is 79.3 Å². The predicted molar refractivity (Wildman–Crippen MR) is 136 cm³/mol. The van der Waals surface area contributed by atoms with Crippen molar-refractivity contribution in [1.29, 1.82) is 0 Å². The summed E-state index contributed by atoms with van der Waals surface area (Å²) in [6.45, 7) is 6.13. The molecule has 2 aromatic heterocycles. The molecule has 6 heteroatoms. The topological polar surface area (TPSA) is 33.5 Å². The second kappa shape index (κ2) is 9.24. The Morgan fingerprint density at radius 3 is 2.51 bits per heavy atom. The molecule has 0 aliphatic carbocycles. The Morgan fingerprint density at radius 2 is 1.71 bits per heavy atom. The number of aromatic nitrogens is 2. The van der Waals surface area contributed by atoms with E-state index >= 15 is 0 Å². The number of hydrogen-bond donors (Lipinski definition) is 0. The molecule has 0 unspecified atom stereocenters. The Kier molecular flexibility index (Phi) is 6.12. The molecule has 1 aliphatic rings. The number of nitrogens with zero attached hydrogens (tertiary/aromatic N) is 4. The number of aryl methyl sites for hydroxylation is 2. The quantitative estimate of drug-likeness (QED) is 0.210. The second-order valence-corrected chi connectivity index (χ2v) is 8.62. The minimum Gasteiger partial charge on any atom is -0.510 e. The number of fused-ring (bicyclic) bond motifs is 3. The first kappa shape index (κ1) is 23.2. The first-order chi connectivity index (χ1) is 16.5. The Labute approximate surface area is 219 Å². The normalized spacial score (nSPS) is 13.0. The van der Waals surface area contributed by atoms with Gasteiger partial charge in [-0.15, -0.1) is 41.4 Å². The first-order valence-electron chi connectivity index (χ1n) is 11.2. The summed E-state index contributed by atoms with van der Waals surface area (Å²) in [4.78, 5) is 8.66. The monoisotopic (exact) mass is 638 g/mol. The maximum absolute atomic E-state index is 6.28. The van der Waals surface area contributed by atoms with Gasteiger partial charge in [0, 0.05) is 44.3 Å². The molecule has 3 heterocycles. The Morgan fingerprint density at radius 1 is 0.857 bits per heavy atom. The smallest absolute Gasteiger partial charge is 0.135 e. The second-order valence-electron chi connectivity index (χ2n) is 8.62. The summed E-state index contributed by atoms with van der Waals surface area (Å²) >= 11 is 0. The van der Waals surface area contributed by atoms with Gasteiger partial charge in [-0.2, -0.15) is 18.3 Å². The molecule has 6 rings (SSSR count). The van der Waals surface area contributed by atoms with Crippen LogP contribution in [0.5, 0.6) is 11.5 Å². The van der Waals surface area contributed by atoms with E-state index in [2.05, 4.69) is 78.0 Å². The molecule has 0 saturated carbocycles. The average molecular weight is 639 g/mol. The minimum absolute atomic E-state index is 0. The third-order valence-electron chi connectivity index (χ3n) is 5.93. The molecule has 0 bridgehead atoms. The molecule has 0 N–H and O–H groups in total. The molecule has 0 amide bonds. The van der Waals surface area contributed by atoms with Gasteiger partial charge in [-0.3, -0.25) is 0 Å². The van der Waals surface area contributed by atoms with Crippen molar-refractivity contribution in [1.82, 2.24) is 14.5 Å². The van der Waals surface area contributed by atoms with Crippen LogP contribution >= 0.6 is 0 Å². The molecule has 5 nitrogen and oxygen atoms in total. The Hall–Kier alpha value is -3.56. The summed E-state index contributed by atoms with van der Waals surface area (Å²) in [5, 5.41) is 2.27. The summed E-state index contributed by atoms with van der Waals surface area (Å²) in [5.74, 6) is 2.15. The molecule has 0 fully saturated rings. The van der Waals surface area contributed by atoms with Gasteiger partial charge in [-0.25, -0.2) is 4.98 Å². The molecule has 35 heavy (non-hydrogen) atoms. The average Bonchev–Trinajstić information content (AvgIpc) is 3.40. The maximum Gasteiger partial charge on any atom is 0.135 e. The van der Waals surface area contributed by atoms with Gasteiger partial charge < -0.3 is 19.1 Å². The third-order valence-corrected chi connectivity index (χ3v) is 5.93. The van der Waals surface area contributed by atoms with Crippen LogP contribution < -0.4 is 9.64 Å². The van der Waals surface area contributed by atoms with Crippen LogP contribution in [0.1, 0.15) is 11.1 Å². The summed E-state index contributed by atoms with van der Waals surface area (Å²) in [7, 11) is 2.00. The largest absolute Gasteiger partial charge is 0.510 e. The van der Waals surface area contributed by atoms with Crippen LogP contribution in [0.3, 0.4) is 0 Å². The van der Waals surface area contributed by atoms with Crippen molar-refractivity contribution in [3.63, 3.8) is 0 Å². The number of pyridine rings is 1. The van der Waals surface area contributed by atoms with E-state index in [1.807, 2.05) is 60.3 Å². The fourth-order valence-electron chi connectivity index (χ4n) is 4.38. The minimum atomic E-state index is 0. The van der Waals surface area contributed by atoms with Crippen molar-refractivity contribution in [3.8, 4) is 17.3 Å². The van der Waals surface area contributed by atoms with Gasteiger partial charge in [-0.1, -0.05) is 30.6 Å². The Balaban J connectivity index is 0.00000253. The number of para-hydroxylation sites is 1. The van der Waals surface area contributed by atoms with Crippen molar-refractivity contribution in [3.05, 3.63) is 109 Å². The van der Waals surface area contributed by atoms with Crippen molar-refractivity contribution in [2.24, 2.45) is 0 Å². The van der Waals surface area contributed by atoms with Crippen molar-refractivity contribution in [2.75, 3.05) is 11.9 Å². The van der Waals surface area contributed by atoms with Crippen LogP contribution in [0.25, 0.3) is 27.6 Å². The molecule has 1 aliphatic heterocycles. The summed E-state index contributed by atoms with van der Waals surface area (Å²) in [6.07, 6.45) is 5.84. The Bertz CT molecular complexity index is 1570. The zero-order valence-corrected chi connectivity index (χ0v) is 21.9. The predicted octanol–water partition coefficient (Wildman–Crippen LogP) is 6.53. The number of rotatable bonds is 4. The fraction of sp³-hybridized carbons (Fsp3) is 0.103. The van der Waals surface area contributed by atoms with E-state index in [1.165, 1.54) is 0 Å². The van der Waals surface area contributed by atoms with Crippen LogP contribution in [-0.4, -0.2) is 21.5 Å².